The third kappa shape index (κ3) is 2.56. The van der Waals surface area contributed by atoms with Crippen LogP contribution < -0.4 is 5.32 Å². The number of aryl methyl sites for hydroxylation is 1. The maximum atomic E-state index is 13.6. The van der Waals surface area contributed by atoms with Crippen molar-refractivity contribution in [1.82, 2.24) is 20.1 Å². The fourth-order valence-electron chi connectivity index (χ4n) is 1.79. The zero-order valence-electron chi connectivity index (χ0n) is 10.8. The summed E-state index contributed by atoms with van der Waals surface area (Å²) in [4.78, 5) is 0. The average Bonchev–Trinajstić information content (AvgIpc) is 2.68. The van der Waals surface area contributed by atoms with E-state index in [4.69, 9.17) is 0 Å². The molecule has 1 atom stereocenters. The first-order valence-corrected chi connectivity index (χ1v) is 5.92. The Kier molecular flexibility index (Phi) is 3.72. The number of nitrogens with one attached hydrogen (secondary N) is 1. The molecule has 2 aromatic rings. The lowest BCUT2D eigenvalue weighted by molar-refractivity contribution is 0.513. The molecule has 0 aliphatic rings. The van der Waals surface area contributed by atoms with E-state index in [-0.39, 0.29) is 11.9 Å². The van der Waals surface area contributed by atoms with Gasteiger partial charge >= 0.3 is 0 Å². The standard InChI is InChI=1S/C13H17FN4/c1-9(11-6-4-5-7-12(11)14)15-8-13-17-16-10(2)18(13)3/h4-7,9,15H,8H2,1-3H3/t9-/m1/s1. The van der Waals surface area contributed by atoms with Crippen LogP contribution in [-0.4, -0.2) is 14.8 Å². The highest BCUT2D eigenvalue weighted by Crippen LogP contribution is 2.16. The summed E-state index contributed by atoms with van der Waals surface area (Å²) in [6.45, 7) is 4.39. The molecule has 1 aromatic heterocycles. The van der Waals surface area contributed by atoms with Gasteiger partial charge in [-0.15, -0.1) is 10.2 Å². The van der Waals surface area contributed by atoms with Crippen molar-refractivity contribution >= 4 is 0 Å². The fourth-order valence-corrected chi connectivity index (χ4v) is 1.79. The van der Waals surface area contributed by atoms with Crippen LogP contribution in [0, 0.1) is 12.7 Å². The van der Waals surface area contributed by atoms with Crippen LogP contribution in [0.15, 0.2) is 24.3 Å². The van der Waals surface area contributed by atoms with Crippen molar-refractivity contribution in [3.05, 3.63) is 47.3 Å². The van der Waals surface area contributed by atoms with Crippen LogP contribution in [0.5, 0.6) is 0 Å². The number of halogens is 1. The molecule has 0 bridgehead atoms. The van der Waals surface area contributed by atoms with Gasteiger partial charge in [-0.05, 0) is 19.9 Å². The summed E-state index contributed by atoms with van der Waals surface area (Å²) in [5.41, 5.74) is 0.663. The number of hydrogen-bond acceptors (Lipinski definition) is 3. The first-order chi connectivity index (χ1) is 8.59. The van der Waals surface area contributed by atoms with Gasteiger partial charge in [0, 0.05) is 18.7 Å². The molecule has 0 saturated heterocycles. The SMILES string of the molecule is Cc1nnc(CN[C@H](C)c2ccccc2F)n1C. The Morgan fingerprint density at radius 1 is 1.33 bits per heavy atom. The summed E-state index contributed by atoms with van der Waals surface area (Å²) in [7, 11) is 1.92. The quantitative estimate of drug-likeness (QED) is 0.901. The van der Waals surface area contributed by atoms with Crippen LogP contribution in [0.3, 0.4) is 0 Å². The molecule has 4 nitrogen and oxygen atoms in total. The minimum atomic E-state index is -0.188. The van der Waals surface area contributed by atoms with E-state index in [1.54, 1.807) is 12.1 Å². The van der Waals surface area contributed by atoms with Crippen molar-refractivity contribution in [3.8, 4) is 0 Å². The van der Waals surface area contributed by atoms with Crippen molar-refractivity contribution < 1.29 is 4.39 Å². The summed E-state index contributed by atoms with van der Waals surface area (Å²) in [5.74, 6) is 1.52. The molecule has 1 aromatic carbocycles. The highest BCUT2D eigenvalue weighted by Gasteiger charge is 2.11. The van der Waals surface area contributed by atoms with E-state index in [2.05, 4.69) is 15.5 Å². The van der Waals surface area contributed by atoms with E-state index in [1.807, 2.05) is 31.5 Å². The Bertz CT molecular complexity index is 536. The Morgan fingerprint density at radius 3 is 2.67 bits per heavy atom. The zero-order chi connectivity index (χ0) is 13.1. The molecule has 5 heteroatoms. The molecular formula is C13H17FN4. The first kappa shape index (κ1) is 12.7. The van der Waals surface area contributed by atoms with Crippen molar-refractivity contribution in [3.63, 3.8) is 0 Å². The van der Waals surface area contributed by atoms with E-state index < -0.39 is 0 Å². The van der Waals surface area contributed by atoms with Gasteiger partial charge in [0.15, 0.2) is 0 Å². The van der Waals surface area contributed by atoms with E-state index in [1.165, 1.54) is 6.07 Å². The summed E-state index contributed by atoms with van der Waals surface area (Å²) in [5, 5.41) is 11.3. The Balaban J connectivity index is 2.03. The van der Waals surface area contributed by atoms with Gasteiger partial charge in [0.25, 0.3) is 0 Å². The Hall–Kier alpha value is -1.75. The molecule has 18 heavy (non-hydrogen) atoms. The van der Waals surface area contributed by atoms with E-state index in [9.17, 15) is 4.39 Å². The molecule has 0 amide bonds. The van der Waals surface area contributed by atoms with Crippen molar-refractivity contribution in [1.29, 1.82) is 0 Å². The summed E-state index contributed by atoms with van der Waals surface area (Å²) in [6.07, 6.45) is 0. The molecule has 1 heterocycles. The number of benzene rings is 1. The molecule has 0 radical (unpaired) electrons. The predicted octanol–water partition coefficient (Wildman–Crippen LogP) is 2.11. The third-order valence-electron chi connectivity index (χ3n) is 3.12. The van der Waals surface area contributed by atoms with Crippen LogP contribution in [0.2, 0.25) is 0 Å². The highest BCUT2D eigenvalue weighted by molar-refractivity contribution is 5.20. The Labute approximate surface area is 106 Å². The molecule has 0 aliphatic heterocycles. The van der Waals surface area contributed by atoms with Crippen LogP contribution in [-0.2, 0) is 13.6 Å². The van der Waals surface area contributed by atoms with Crippen LogP contribution in [0.25, 0.3) is 0 Å². The minimum Gasteiger partial charge on any atom is -0.317 e. The van der Waals surface area contributed by atoms with Gasteiger partial charge in [0.2, 0.25) is 0 Å². The monoisotopic (exact) mass is 248 g/mol. The summed E-state index contributed by atoms with van der Waals surface area (Å²) >= 11 is 0. The van der Waals surface area contributed by atoms with Gasteiger partial charge in [-0.1, -0.05) is 18.2 Å². The van der Waals surface area contributed by atoms with Crippen LogP contribution in [0.4, 0.5) is 4.39 Å². The van der Waals surface area contributed by atoms with E-state index >= 15 is 0 Å². The Morgan fingerprint density at radius 2 is 2.06 bits per heavy atom. The minimum absolute atomic E-state index is 0.0665. The number of nitrogens with zero attached hydrogens (tertiary/aromatic N) is 3. The second kappa shape index (κ2) is 5.27. The summed E-state index contributed by atoms with van der Waals surface area (Å²) in [6, 6.07) is 6.72. The largest absolute Gasteiger partial charge is 0.317 e. The molecule has 2 rings (SSSR count). The normalized spacial score (nSPS) is 12.7. The van der Waals surface area contributed by atoms with Crippen LogP contribution >= 0.6 is 0 Å². The topological polar surface area (TPSA) is 42.7 Å². The molecule has 0 spiro atoms. The molecular weight excluding hydrogens is 231 g/mol. The molecule has 0 unspecified atom stereocenters. The highest BCUT2D eigenvalue weighted by atomic mass is 19.1. The van der Waals surface area contributed by atoms with Gasteiger partial charge in [0.1, 0.15) is 17.5 Å². The van der Waals surface area contributed by atoms with E-state index in [0.29, 0.717) is 12.1 Å². The average molecular weight is 248 g/mol. The van der Waals surface area contributed by atoms with Crippen molar-refractivity contribution in [2.24, 2.45) is 7.05 Å². The second-order valence-electron chi connectivity index (χ2n) is 4.35. The molecule has 0 saturated carbocycles. The zero-order valence-corrected chi connectivity index (χ0v) is 10.8. The third-order valence-corrected chi connectivity index (χ3v) is 3.12. The van der Waals surface area contributed by atoms with Crippen molar-refractivity contribution in [2.45, 2.75) is 26.4 Å². The van der Waals surface area contributed by atoms with Gasteiger partial charge in [-0.3, -0.25) is 0 Å². The molecule has 96 valence electrons. The van der Waals surface area contributed by atoms with Gasteiger partial charge in [-0.2, -0.15) is 0 Å². The van der Waals surface area contributed by atoms with Crippen LogP contribution in [0.1, 0.15) is 30.2 Å². The molecule has 1 N–H and O–H groups in total. The smallest absolute Gasteiger partial charge is 0.146 e. The first-order valence-electron chi connectivity index (χ1n) is 5.92. The summed E-state index contributed by atoms with van der Waals surface area (Å²) < 4.78 is 15.5. The van der Waals surface area contributed by atoms with E-state index in [0.717, 1.165) is 11.6 Å². The predicted molar refractivity (Wildman–Crippen MR) is 67.4 cm³/mol. The van der Waals surface area contributed by atoms with Gasteiger partial charge in [-0.25, -0.2) is 4.39 Å². The maximum Gasteiger partial charge on any atom is 0.146 e. The lowest BCUT2D eigenvalue weighted by Crippen LogP contribution is -2.21. The lowest BCUT2D eigenvalue weighted by Gasteiger charge is -2.14. The van der Waals surface area contributed by atoms with Gasteiger partial charge < -0.3 is 9.88 Å². The van der Waals surface area contributed by atoms with Crippen molar-refractivity contribution in [2.75, 3.05) is 0 Å². The lowest BCUT2D eigenvalue weighted by atomic mass is 10.1. The van der Waals surface area contributed by atoms with Gasteiger partial charge in [0.05, 0.1) is 6.54 Å². The second-order valence-corrected chi connectivity index (χ2v) is 4.35. The number of hydrogen-bond donors (Lipinski definition) is 1. The molecule has 0 aliphatic carbocycles. The molecule has 0 fully saturated rings. The fraction of sp³-hybridized carbons (Fsp3) is 0.385. The maximum absolute atomic E-state index is 13.6. The number of aromatic nitrogens is 3. The number of rotatable bonds is 4.